The van der Waals surface area contributed by atoms with Crippen LogP contribution in [0.25, 0.3) is 0 Å². The van der Waals surface area contributed by atoms with Gasteiger partial charge in [0.1, 0.15) is 0 Å². The van der Waals surface area contributed by atoms with Crippen molar-refractivity contribution in [2.24, 2.45) is 0 Å². The van der Waals surface area contributed by atoms with Crippen LogP contribution in [0.3, 0.4) is 0 Å². The Hall–Kier alpha value is -1.95. The molecule has 0 radical (unpaired) electrons. The van der Waals surface area contributed by atoms with Gasteiger partial charge in [-0.25, -0.2) is 0 Å². The van der Waals surface area contributed by atoms with Crippen molar-refractivity contribution in [2.45, 2.75) is 57.8 Å². The van der Waals surface area contributed by atoms with Gasteiger partial charge in [-0.2, -0.15) is 0 Å². The lowest BCUT2D eigenvalue weighted by Crippen LogP contribution is -2.60. The van der Waals surface area contributed by atoms with Gasteiger partial charge in [-0.3, -0.25) is 14.4 Å². The molecule has 1 saturated heterocycles. The lowest BCUT2D eigenvalue weighted by molar-refractivity contribution is -0.159. The quantitative estimate of drug-likeness (QED) is 0.0954. The fraction of sp³-hybridized carbons (Fsp3) is 0.929. The Labute approximate surface area is 350 Å². The summed E-state index contributed by atoms with van der Waals surface area (Å²) in [5.74, 6) is -0.00413. The highest BCUT2D eigenvalue weighted by atomic mass is 16.2. The van der Waals surface area contributed by atoms with Gasteiger partial charge in [-0.1, -0.05) is 0 Å². The van der Waals surface area contributed by atoms with Crippen molar-refractivity contribution in [3.8, 4) is 0 Å². The van der Waals surface area contributed by atoms with Crippen molar-refractivity contribution >= 4 is 17.7 Å². The van der Waals surface area contributed by atoms with Crippen molar-refractivity contribution in [2.75, 3.05) is 203 Å². The van der Waals surface area contributed by atoms with Crippen LogP contribution < -0.4 is 0 Å². The standard InChI is InChI=1S/C42H90N12O3/c1-43(2)22-13-28-49(29-14-23-44(3)4)34-19-40(55)52-37-53(41(56)20-35-50(30-15-24-45(5)6)31-16-25-46(7)8)39-54(38-52)42(57)21-36-51(32-17-26-47(9)10)33-18-27-48(11)12/h13-39H2,1-12H3. The van der Waals surface area contributed by atoms with E-state index in [1.54, 1.807) is 14.7 Å². The maximum Gasteiger partial charge on any atom is 0.226 e. The molecule has 0 aromatic rings. The number of hydrogen-bond acceptors (Lipinski definition) is 12. The van der Waals surface area contributed by atoms with Crippen LogP contribution in [-0.2, 0) is 14.4 Å². The van der Waals surface area contributed by atoms with Crippen LogP contribution in [0.1, 0.15) is 57.8 Å². The summed E-state index contributed by atoms with van der Waals surface area (Å²) in [7, 11) is 25.1. The Balaban J connectivity index is 3.14. The van der Waals surface area contributed by atoms with E-state index in [0.717, 1.165) is 117 Å². The first-order chi connectivity index (χ1) is 27.0. The average Bonchev–Trinajstić information content (AvgIpc) is 3.12. The van der Waals surface area contributed by atoms with Crippen LogP contribution >= 0.6 is 0 Å². The zero-order valence-corrected chi connectivity index (χ0v) is 39.2. The van der Waals surface area contributed by atoms with Crippen molar-refractivity contribution in [3.05, 3.63) is 0 Å². The molecule has 0 bridgehead atoms. The minimum atomic E-state index is -0.00138. The Kier molecular flexibility index (Phi) is 28.9. The van der Waals surface area contributed by atoms with Gasteiger partial charge in [0.15, 0.2) is 0 Å². The summed E-state index contributed by atoms with van der Waals surface area (Å²) >= 11 is 0. The lowest BCUT2D eigenvalue weighted by atomic mass is 10.2. The van der Waals surface area contributed by atoms with Crippen LogP contribution in [0.15, 0.2) is 0 Å². The van der Waals surface area contributed by atoms with Gasteiger partial charge in [0.05, 0.1) is 20.0 Å². The summed E-state index contributed by atoms with van der Waals surface area (Å²) in [4.78, 5) is 67.7. The van der Waals surface area contributed by atoms with Crippen LogP contribution in [0.5, 0.6) is 0 Å². The molecule has 0 spiro atoms. The summed E-state index contributed by atoms with van der Waals surface area (Å²) < 4.78 is 0. The van der Waals surface area contributed by atoms with Crippen molar-refractivity contribution in [1.82, 2.24) is 58.8 Å². The molecule has 1 heterocycles. The second-order valence-corrected chi connectivity index (χ2v) is 17.9. The average molecular weight is 811 g/mol. The zero-order chi connectivity index (χ0) is 42.8. The Morgan fingerprint density at radius 2 is 0.474 bits per heavy atom. The van der Waals surface area contributed by atoms with Crippen LogP contribution in [0.2, 0.25) is 0 Å². The van der Waals surface area contributed by atoms with Crippen molar-refractivity contribution in [3.63, 3.8) is 0 Å². The van der Waals surface area contributed by atoms with E-state index in [9.17, 15) is 14.4 Å². The molecule has 3 amide bonds. The lowest BCUT2D eigenvalue weighted by Gasteiger charge is -2.43. The third-order valence-corrected chi connectivity index (χ3v) is 10.5. The second kappa shape index (κ2) is 31.0. The summed E-state index contributed by atoms with van der Waals surface area (Å²) in [6.07, 6.45) is 7.35. The highest BCUT2D eigenvalue weighted by molar-refractivity contribution is 5.82. The Bertz CT molecular complexity index is 885. The minimum absolute atomic E-state index is 0.00138. The summed E-state index contributed by atoms with van der Waals surface area (Å²) in [6.45, 7) is 14.3. The van der Waals surface area contributed by atoms with Crippen molar-refractivity contribution < 1.29 is 14.4 Å². The van der Waals surface area contributed by atoms with E-state index in [1.165, 1.54) is 0 Å². The third kappa shape index (κ3) is 27.4. The van der Waals surface area contributed by atoms with E-state index in [4.69, 9.17) is 0 Å². The molecule has 0 N–H and O–H groups in total. The number of amides is 3. The monoisotopic (exact) mass is 811 g/mol. The van der Waals surface area contributed by atoms with Crippen LogP contribution in [0, 0.1) is 0 Å². The van der Waals surface area contributed by atoms with Crippen molar-refractivity contribution in [1.29, 1.82) is 0 Å². The summed E-state index contributed by atoms with van der Waals surface area (Å²) in [5, 5.41) is 0. The van der Waals surface area contributed by atoms with Gasteiger partial charge in [0.25, 0.3) is 0 Å². The van der Waals surface area contributed by atoms with Gasteiger partial charge in [-0.15, -0.1) is 0 Å². The molecule has 0 atom stereocenters. The smallest absolute Gasteiger partial charge is 0.226 e. The molecule has 1 aliphatic heterocycles. The fourth-order valence-electron chi connectivity index (χ4n) is 7.13. The summed E-state index contributed by atoms with van der Waals surface area (Å²) in [6, 6.07) is 0. The number of rotatable bonds is 33. The molecule has 1 rings (SSSR count). The van der Waals surface area contributed by atoms with E-state index < -0.39 is 0 Å². The molecular weight excluding hydrogens is 721 g/mol. The second-order valence-electron chi connectivity index (χ2n) is 17.9. The maximum absolute atomic E-state index is 14.0. The molecule has 1 aliphatic rings. The molecule has 0 saturated carbocycles. The molecule has 1 fully saturated rings. The fourth-order valence-corrected chi connectivity index (χ4v) is 7.13. The topological polar surface area (TPSA) is 90.1 Å². The number of nitrogens with zero attached hydrogens (tertiary/aromatic N) is 12. The SMILES string of the molecule is CN(C)CCCN(CCCN(C)C)CCC(=O)N1CN(C(=O)CCN(CCCN(C)C)CCCN(C)C)CN(C(=O)CCN(CCCN(C)C)CCCN(C)C)C1. The Morgan fingerprint density at radius 3 is 0.632 bits per heavy atom. The number of hydrogen-bond donors (Lipinski definition) is 0. The van der Waals surface area contributed by atoms with E-state index >= 15 is 0 Å². The summed E-state index contributed by atoms with van der Waals surface area (Å²) in [5.41, 5.74) is 0. The molecule has 0 aromatic heterocycles. The molecule has 15 heteroatoms. The largest absolute Gasteiger partial charge is 0.309 e. The van der Waals surface area contributed by atoms with Gasteiger partial charge >= 0.3 is 0 Å². The molecule has 57 heavy (non-hydrogen) atoms. The zero-order valence-electron chi connectivity index (χ0n) is 39.2. The molecule has 0 aromatic carbocycles. The third-order valence-electron chi connectivity index (χ3n) is 10.5. The van der Waals surface area contributed by atoms with E-state index in [1.807, 2.05) is 0 Å². The highest BCUT2D eigenvalue weighted by Crippen LogP contribution is 2.14. The van der Waals surface area contributed by atoms with Gasteiger partial charge in [0.2, 0.25) is 17.7 Å². The molecular formula is C42H90N12O3. The highest BCUT2D eigenvalue weighted by Gasteiger charge is 2.32. The molecule has 0 aliphatic carbocycles. The van der Waals surface area contributed by atoms with Crippen LogP contribution in [-0.4, -0.2) is 279 Å². The van der Waals surface area contributed by atoms with E-state index in [0.29, 0.717) is 38.9 Å². The molecule has 336 valence electrons. The predicted molar refractivity (Wildman–Crippen MR) is 237 cm³/mol. The number of carbonyl (C=O) groups excluding carboxylic acids is 3. The van der Waals surface area contributed by atoms with E-state index in [2.05, 4.69) is 129 Å². The Morgan fingerprint density at radius 1 is 0.298 bits per heavy atom. The first-order valence-corrected chi connectivity index (χ1v) is 21.9. The van der Waals surface area contributed by atoms with Gasteiger partial charge < -0.3 is 58.8 Å². The minimum Gasteiger partial charge on any atom is -0.309 e. The first-order valence-electron chi connectivity index (χ1n) is 21.9. The predicted octanol–water partition coefficient (Wildman–Crippen LogP) is 1.14. The van der Waals surface area contributed by atoms with Gasteiger partial charge in [0, 0.05) is 38.9 Å². The first kappa shape index (κ1) is 53.1. The molecule has 15 nitrogen and oxygen atoms in total. The van der Waals surface area contributed by atoms with Crippen LogP contribution in [0.4, 0.5) is 0 Å². The maximum atomic E-state index is 14.0. The molecule has 0 unspecified atom stereocenters. The van der Waals surface area contributed by atoms with E-state index in [-0.39, 0.29) is 37.7 Å². The van der Waals surface area contributed by atoms with Gasteiger partial charge in [-0.05, 0) is 202 Å². The normalized spacial score (nSPS) is 14.2. The number of carbonyl (C=O) groups is 3.